The normalized spacial score (nSPS) is 15.9. The van der Waals surface area contributed by atoms with Gasteiger partial charge in [0.15, 0.2) is 6.10 Å². The summed E-state index contributed by atoms with van der Waals surface area (Å²) in [4.78, 5) is 50.7. The number of H-pyrrole nitrogens is 1. The number of ether oxygens (including phenoxy) is 2. The molecule has 4 rings (SSSR count). The summed E-state index contributed by atoms with van der Waals surface area (Å²) >= 11 is 0. The number of cyclic esters (lactones) is 1. The summed E-state index contributed by atoms with van der Waals surface area (Å²) in [6.45, 7) is -0.337. The molecule has 0 aliphatic carbocycles. The average Bonchev–Trinajstić information content (AvgIpc) is 3.21. The molecule has 0 bridgehead atoms. The summed E-state index contributed by atoms with van der Waals surface area (Å²) in [5.74, 6) is -2.25. The SMILES string of the molecule is O=C(O)/C=C/C(=O)OC[C@H]1CN(c2ccc3cc(-c4ccccc4C(F)(F)F)[nH]c(=O)c3c2)C(=O)O1. The largest absolute Gasteiger partial charge is 0.478 e. The molecule has 2 N–H and O–H groups in total. The predicted molar refractivity (Wildman–Crippen MR) is 120 cm³/mol. The summed E-state index contributed by atoms with van der Waals surface area (Å²) in [5, 5.41) is 9.01. The summed E-state index contributed by atoms with van der Waals surface area (Å²) in [6, 6.07) is 10.7. The molecule has 0 saturated carbocycles. The highest BCUT2D eigenvalue weighted by atomic mass is 19.4. The highest BCUT2D eigenvalue weighted by Crippen LogP contribution is 2.36. The zero-order valence-corrected chi connectivity index (χ0v) is 18.2. The fourth-order valence-electron chi connectivity index (χ4n) is 3.71. The molecule has 1 aromatic heterocycles. The van der Waals surface area contributed by atoms with Crippen molar-refractivity contribution >= 4 is 34.5 Å². The number of anilines is 1. The number of nitrogens with one attached hydrogen (secondary N) is 1. The summed E-state index contributed by atoms with van der Waals surface area (Å²) in [5.41, 5.74) is -1.42. The standard InChI is InChI=1S/C24H17F3N2O7/c25-24(26,27)18-4-2-1-3-16(18)19-9-13-5-6-14(10-17(13)22(33)28-19)29-11-15(36-23(29)34)12-35-21(32)8-7-20(30)31/h1-10,15H,11-12H2,(H,28,33)(H,30,31)/b8-7+/t15-/m1/s1. The van der Waals surface area contributed by atoms with Crippen LogP contribution < -0.4 is 10.5 Å². The minimum atomic E-state index is -4.61. The highest BCUT2D eigenvalue weighted by Gasteiger charge is 2.34. The first-order valence-corrected chi connectivity index (χ1v) is 10.4. The van der Waals surface area contributed by atoms with Crippen LogP contribution in [-0.4, -0.2) is 47.4 Å². The second kappa shape index (κ2) is 9.56. The number of nitrogens with zero attached hydrogens (tertiary/aromatic N) is 1. The number of aromatic nitrogens is 1. The monoisotopic (exact) mass is 502 g/mol. The fourth-order valence-corrected chi connectivity index (χ4v) is 3.71. The summed E-state index contributed by atoms with van der Waals surface area (Å²) in [7, 11) is 0. The zero-order chi connectivity index (χ0) is 26.0. The van der Waals surface area contributed by atoms with Crippen LogP contribution in [0.15, 0.2) is 65.5 Å². The molecule has 1 amide bonds. The molecule has 0 radical (unpaired) electrons. The van der Waals surface area contributed by atoms with Crippen molar-refractivity contribution in [3.63, 3.8) is 0 Å². The number of rotatable bonds is 6. The maximum absolute atomic E-state index is 13.4. The van der Waals surface area contributed by atoms with Crippen molar-refractivity contribution in [3.05, 3.63) is 76.6 Å². The van der Waals surface area contributed by atoms with E-state index in [2.05, 4.69) is 4.98 Å². The molecule has 0 spiro atoms. The second-order valence-corrected chi connectivity index (χ2v) is 7.75. The van der Waals surface area contributed by atoms with Gasteiger partial charge in [-0.05, 0) is 29.7 Å². The molecule has 12 heteroatoms. The molecular weight excluding hydrogens is 485 g/mol. The van der Waals surface area contributed by atoms with E-state index in [-0.39, 0.29) is 29.8 Å². The van der Waals surface area contributed by atoms with E-state index >= 15 is 0 Å². The number of esters is 1. The Hall–Kier alpha value is -4.61. The van der Waals surface area contributed by atoms with Crippen molar-refractivity contribution in [2.75, 3.05) is 18.1 Å². The number of alkyl halides is 3. The number of carboxylic acids is 1. The third-order valence-corrected chi connectivity index (χ3v) is 5.31. The lowest BCUT2D eigenvalue weighted by molar-refractivity contribution is -0.140. The third-order valence-electron chi connectivity index (χ3n) is 5.31. The van der Waals surface area contributed by atoms with Crippen LogP contribution in [0.4, 0.5) is 23.7 Å². The van der Waals surface area contributed by atoms with Gasteiger partial charge < -0.3 is 19.6 Å². The van der Waals surface area contributed by atoms with Crippen LogP contribution in [0.5, 0.6) is 0 Å². The van der Waals surface area contributed by atoms with E-state index < -0.39 is 41.4 Å². The van der Waals surface area contributed by atoms with Crippen molar-refractivity contribution < 1.29 is 42.1 Å². The Morgan fingerprint density at radius 1 is 1.14 bits per heavy atom. The lowest BCUT2D eigenvalue weighted by atomic mass is 10.0. The lowest BCUT2D eigenvalue weighted by Crippen LogP contribution is -2.26. The van der Waals surface area contributed by atoms with Gasteiger partial charge in [-0.3, -0.25) is 9.69 Å². The van der Waals surface area contributed by atoms with E-state index in [9.17, 15) is 32.3 Å². The Balaban J connectivity index is 1.56. The Kier molecular flexibility index (Phi) is 6.51. The first-order valence-electron chi connectivity index (χ1n) is 10.4. The number of aromatic amines is 1. The topological polar surface area (TPSA) is 126 Å². The van der Waals surface area contributed by atoms with Crippen LogP contribution in [-0.2, 0) is 25.2 Å². The molecule has 9 nitrogen and oxygen atoms in total. The molecule has 36 heavy (non-hydrogen) atoms. The smallest absolute Gasteiger partial charge is 0.417 e. The molecule has 1 aliphatic heterocycles. The fraction of sp³-hybridized carbons (Fsp3) is 0.167. The van der Waals surface area contributed by atoms with Crippen molar-refractivity contribution in [2.45, 2.75) is 12.3 Å². The van der Waals surface area contributed by atoms with Gasteiger partial charge in [0.1, 0.15) is 6.61 Å². The summed E-state index contributed by atoms with van der Waals surface area (Å²) in [6.07, 6.45) is -4.89. The number of carbonyl (C=O) groups is 3. The molecular formula is C24H17F3N2O7. The molecule has 0 unspecified atom stereocenters. The first-order chi connectivity index (χ1) is 17.0. The second-order valence-electron chi connectivity index (χ2n) is 7.75. The van der Waals surface area contributed by atoms with Crippen molar-refractivity contribution in [3.8, 4) is 11.3 Å². The molecule has 2 aromatic carbocycles. The molecule has 1 saturated heterocycles. The highest BCUT2D eigenvalue weighted by molar-refractivity contribution is 5.95. The number of fused-ring (bicyclic) bond motifs is 1. The molecule has 1 fully saturated rings. The Morgan fingerprint density at radius 3 is 2.61 bits per heavy atom. The van der Waals surface area contributed by atoms with Crippen LogP contribution >= 0.6 is 0 Å². The number of hydrogen-bond donors (Lipinski definition) is 2. The van der Waals surface area contributed by atoms with E-state index in [1.165, 1.54) is 47.4 Å². The van der Waals surface area contributed by atoms with E-state index in [1.54, 1.807) is 0 Å². The number of amides is 1. The first kappa shape index (κ1) is 24.5. The van der Waals surface area contributed by atoms with Gasteiger partial charge >= 0.3 is 24.2 Å². The van der Waals surface area contributed by atoms with Gasteiger partial charge in [-0.2, -0.15) is 13.2 Å². The van der Waals surface area contributed by atoms with Crippen LogP contribution in [0.1, 0.15) is 5.56 Å². The number of hydrogen-bond acceptors (Lipinski definition) is 6. The number of carbonyl (C=O) groups excluding carboxylic acids is 2. The maximum atomic E-state index is 13.4. The van der Waals surface area contributed by atoms with E-state index in [0.717, 1.165) is 6.07 Å². The molecule has 1 aliphatic rings. The van der Waals surface area contributed by atoms with Gasteiger partial charge in [0.2, 0.25) is 0 Å². The van der Waals surface area contributed by atoms with Crippen LogP contribution in [0, 0.1) is 0 Å². The number of pyridine rings is 1. The minimum absolute atomic E-state index is 0.00687. The van der Waals surface area contributed by atoms with Crippen LogP contribution in [0.3, 0.4) is 0 Å². The number of aliphatic carboxylic acids is 1. The van der Waals surface area contributed by atoms with Gasteiger partial charge in [-0.25, -0.2) is 14.4 Å². The average molecular weight is 502 g/mol. The van der Waals surface area contributed by atoms with Gasteiger partial charge in [-0.15, -0.1) is 0 Å². The van der Waals surface area contributed by atoms with E-state index in [4.69, 9.17) is 14.6 Å². The van der Waals surface area contributed by atoms with Crippen molar-refractivity contribution in [2.24, 2.45) is 0 Å². The van der Waals surface area contributed by atoms with Crippen molar-refractivity contribution in [1.82, 2.24) is 4.98 Å². The van der Waals surface area contributed by atoms with Crippen LogP contribution in [0.25, 0.3) is 22.0 Å². The zero-order valence-electron chi connectivity index (χ0n) is 18.2. The third kappa shape index (κ3) is 5.22. The van der Waals surface area contributed by atoms with E-state index in [1.807, 2.05) is 0 Å². The number of benzene rings is 2. The number of carboxylic acid groups (broad SMARTS) is 1. The van der Waals surface area contributed by atoms with E-state index in [0.29, 0.717) is 23.2 Å². The van der Waals surface area contributed by atoms with Crippen LogP contribution in [0.2, 0.25) is 0 Å². The van der Waals surface area contributed by atoms with Gasteiger partial charge in [0.05, 0.1) is 12.1 Å². The summed E-state index contributed by atoms with van der Waals surface area (Å²) < 4.78 is 50.3. The van der Waals surface area contributed by atoms with Crippen molar-refractivity contribution in [1.29, 1.82) is 0 Å². The Labute approximate surface area is 200 Å². The Morgan fingerprint density at radius 2 is 1.89 bits per heavy atom. The van der Waals surface area contributed by atoms with Gasteiger partial charge in [0.25, 0.3) is 5.56 Å². The van der Waals surface area contributed by atoms with Gasteiger partial charge in [-0.1, -0.05) is 24.3 Å². The predicted octanol–water partition coefficient (Wildman–Crippen LogP) is 3.72. The Bertz CT molecular complexity index is 1450. The molecule has 2 heterocycles. The maximum Gasteiger partial charge on any atom is 0.417 e. The quantitative estimate of drug-likeness (QED) is 0.389. The number of halogens is 3. The molecule has 186 valence electrons. The minimum Gasteiger partial charge on any atom is -0.478 e. The molecule has 3 aromatic rings. The lowest BCUT2D eigenvalue weighted by Gasteiger charge is -2.15. The molecule has 1 atom stereocenters. The van der Waals surface area contributed by atoms with Gasteiger partial charge in [0, 0.05) is 34.5 Å².